The minimum atomic E-state index is 0.147. The Balaban J connectivity index is 2.54. The largest absolute Gasteiger partial charge is 0.490 e. The van der Waals surface area contributed by atoms with E-state index >= 15 is 0 Å². The molecular weight excluding hydrogens is 236 g/mol. The van der Waals surface area contributed by atoms with Gasteiger partial charge in [0.1, 0.15) is 5.75 Å². The first-order valence-electron chi connectivity index (χ1n) is 7.47. The van der Waals surface area contributed by atoms with Gasteiger partial charge in [-0.05, 0) is 31.9 Å². The Labute approximate surface area is 117 Å². The van der Waals surface area contributed by atoms with Crippen molar-refractivity contribution in [2.45, 2.75) is 65.4 Å². The molecule has 0 aliphatic heterocycles. The van der Waals surface area contributed by atoms with Gasteiger partial charge in [0.15, 0.2) is 5.78 Å². The first-order valence-corrected chi connectivity index (χ1v) is 7.47. The summed E-state index contributed by atoms with van der Waals surface area (Å²) in [6.45, 7) is 6.18. The summed E-state index contributed by atoms with van der Waals surface area (Å²) in [6.07, 6.45) is 6.74. The van der Waals surface area contributed by atoms with E-state index in [4.69, 9.17) is 4.74 Å². The van der Waals surface area contributed by atoms with Crippen LogP contribution in [-0.2, 0) is 0 Å². The van der Waals surface area contributed by atoms with E-state index in [1.54, 1.807) is 0 Å². The molecule has 2 nitrogen and oxygen atoms in total. The maximum atomic E-state index is 11.8. The highest BCUT2D eigenvalue weighted by atomic mass is 16.5. The molecule has 0 spiro atoms. The molecule has 1 rings (SSSR count). The quantitative estimate of drug-likeness (QED) is 0.461. The molecule has 0 bridgehead atoms. The molecule has 19 heavy (non-hydrogen) atoms. The zero-order valence-electron chi connectivity index (χ0n) is 12.4. The molecule has 106 valence electrons. The molecule has 0 heterocycles. The lowest BCUT2D eigenvalue weighted by molar-refractivity contribution is 0.0981. The number of rotatable bonds is 9. The third kappa shape index (κ3) is 5.46. The SMILES string of the molecule is CCCCCCC(C)Oc1ccccc1C(=O)CC. The molecule has 1 unspecified atom stereocenters. The number of hydrogen-bond donors (Lipinski definition) is 0. The van der Waals surface area contributed by atoms with Gasteiger partial charge in [-0.15, -0.1) is 0 Å². The van der Waals surface area contributed by atoms with E-state index in [0.29, 0.717) is 12.0 Å². The Bertz CT molecular complexity index is 385. The van der Waals surface area contributed by atoms with Gasteiger partial charge in [0.25, 0.3) is 0 Å². The molecule has 0 aliphatic rings. The van der Waals surface area contributed by atoms with Crippen LogP contribution in [0.3, 0.4) is 0 Å². The normalized spacial score (nSPS) is 12.2. The second-order valence-corrected chi connectivity index (χ2v) is 5.05. The Morgan fingerprint density at radius 2 is 1.89 bits per heavy atom. The van der Waals surface area contributed by atoms with E-state index < -0.39 is 0 Å². The van der Waals surface area contributed by atoms with Gasteiger partial charge in [0.05, 0.1) is 11.7 Å². The number of Topliss-reactive ketones (excluding diaryl/α,β-unsaturated/α-hetero) is 1. The molecule has 0 radical (unpaired) electrons. The van der Waals surface area contributed by atoms with Crippen molar-refractivity contribution in [3.05, 3.63) is 29.8 Å². The van der Waals surface area contributed by atoms with Crippen LogP contribution in [0.25, 0.3) is 0 Å². The summed E-state index contributed by atoms with van der Waals surface area (Å²) in [6, 6.07) is 7.56. The number of hydrogen-bond acceptors (Lipinski definition) is 2. The fourth-order valence-corrected chi connectivity index (χ4v) is 2.12. The van der Waals surface area contributed by atoms with Crippen LogP contribution < -0.4 is 4.74 Å². The van der Waals surface area contributed by atoms with Crippen molar-refractivity contribution in [2.75, 3.05) is 0 Å². The summed E-state index contributed by atoms with van der Waals surface area (Å²) >= 11 is 0. The maximum Gasteiger partial charge on any atom is 0.166 e. The molecule has 0 N–H and O–H groups in total. The highest BCUT2D eigenvalue weighted by molar-refractivity contribution is 5.98. The Morgan fingerprint density at radius 1 is 1.16 bits per heavy atom. The van der Waals surface area contributed by atoms with Crippen molar-refractivity contribution >= 4 is 5.78 Å². The van der Waals surface area contributed by atoms with E-state index in [9.17, 15) is 4.79 Å². The van der Waals surface area contributed by atoms with Crippen LogP contribution in [0.1, 0.15) is 69.7 Å². The van der Waals surface area contributed by atoms with Crippen molar-refractivity contribution in [1.82, 2.24) is 0 Å². The van der Waals surface area contributed by atoms with Crippen molar-refractivity contribution in [3.8, 4) is 5.75 Å². The average molecular weight is 262 g/mol. The summed E-state index contributed by atoms with van der Waals surface area (Å²) in [5.41, 5.74) is 0.713. The fourth-order valence-electron chi connectivity index (χ4n) is 2.12. The molecule has 0 saturated heterocycles. The van der Waals surface area contributed by atoms with Crippen LogP contribution in [0, 0.1) is 0 Å². The number of ether oxygens (including phenoxy) is 1. The van der Waals surface area contributed by atoms with Gasteiger partial charge in [-0.2, -0.15) is 0 Å². The smallest absolute Gasteiger partial charge is 0.166 e. The average Bonchev–Trinajstić information content (AvgIpc) is 2.43. The lowest BCUT2D eigenvalue weighted by Crippen LogP contribution is -2.13. The molecule has 2 heteroatoms. The predicted octanol–water partition coefficient (Wildman–Crippen LogP) is 5.02. The number of para-hydroxylation sites is 1. The third-order valence-corrected chi connectivity index (χ3v) is 3.30. The van der Waals surface area contributed by atoms with E-state index in [-0.39, 0.29) is 11.9 Å². The zero-order chi connectivity index (χ0) is 14.1. The Kier molecular flexibility index (Phi) is 7.24. The predicted molar refractivity (Wildman–Crippen MR) is 79.9 cm³/mol. The van der Waals surface area contributed by atoms with E-state index in [0.717, 1.165) is 12.2 Å². The molecular formula is C17H26O2. The number of carbonyl (C=O) groups excluding carboxylic acids is 1. The molecule has 0 aliphatic carbocycles. The first-order chi connectivity index (χ1) is 9.19. The first kappa shape index (κ1) is 15.7. The molecule has 1 atom stereocenters. The van der Waals surface area contributed by atoms with Crippen molar-refractivity contribution in [2.24, 2.45) is 0 Å². The Hall–Kier alpha value is -1.31. The lowest BCUT2D eigenvalue weighted by atomic mass is 10.1. The Morgan fingerprint density at radius 3 is 2.58 bits per heavy atom. The lowest BCUT2D eigenvalue weighted by Gasteiger charge is -2.16. The minimum absolute atomic E-state index is 0.147. The highest BCUT2D eigenvalue weighted by Gasteiger charge is 2.12. The van der Waals surface area contributed by atoms with Gasteiger partial charge in [-0.1, -0.05) is 45.2 Å². The third-order valence-electron chi connectivity index (χ3n) is 3.30. The number of carbonyl (C=O) groups is 1. The van der Waals surface area contributed by atoms with Gasteiger partial charge in [0, 0.05) is 6.42 Å². The van der Waals surface area contributed by atoms with Gasteiger partial charge >= 0.3 is 0 Å². The van der Waals surface area contributed by atoms with Crippen LogP contribution in [0.15, 0.2) is 24.3 Å². The van der Waals surface area contributed by atoms with Crippen LogP contribution >= 0.6 is 0 Å². The van der Waals surface area contributed by atoms with E-state index in [1.165, 1.54) is 25.7 Å². The monoisotopic (exact) mass is 262 g/mol. The summed E-state index contributed by atoms with van der Waals surface area (Å²) in [7, 11) is 0. The molecule has 1 aromatic carbocycles. The van der Waals surface area contributed by atoms with Crippen molar-refractivity contribution < 1.29 is 9.53 Å². The fraction of sp³-hybridized carbons (Fsp3) is 0.588. The number of unbranched alkanes of at least 4 members (excludes halogenated alkanes) is 3. The van der Waals surface area contributed by atoms with E-state index in [1.807, 2.05) is 31.2 Å². The summed E-state index contributed by atoms with van der Waals surface area (Å²) < 4.78 is 5.93. The molecule has 0 saturated carbocycles. The van der Waals surface area contributed by atoms with Crippen LogP contribution in [-0.4, -0.2) is 11.9 Å². The maximum absolute atomic E-state index is 11.8. The molecule has 0 amide bonds. The van der Waals surface area contributed by atoms with Crippen molar-refractivity contribution in [1.29, 1.82) is 0 Å². The molecule has 0 aromatic heterocycles. The zero-order valence-corrected chi connectivity index (χ0v) is 12.4. The van der Waals surface area contributed by atoms with Crippen molar-refractivity contribution in [3.63, 3.8) is 0 Å². The standard InChI is InChI=1S/C17H26O2/c1-4-6-7-8-11-14(3)19-17-13-10-9-12-15(17)16(18)5-2/h9-10,12-14H,4-8,11H2,1-3H3. The summed E-state index contributed by atoms with van der Waals surface area (Å²) in [5, 5.41) is 0. The summed E-state index contributed by atoms with van der Waals surface area (Å²) in [4.78, 5) is 11.8. The van der Waals surface area contributed by atoms with Gasteiger partial charge in [-0.3, -0.25) is 4.79 Å². The van der Waals surface area contributed by atoms with Crippen LogP contribution in [0.5, 0.6) is 5.75 Å². The van der Waals surface area contributed by atoms with Crippen LogP contribution in [0.2, 0.25) is 0 Å². The highest BCUT2D eigenvalue weighted by Crippen LogP contribution is 2.22. The second-order valence-electron chi connectivity index (χ2n) is 5.05. The topological polar surface area (TPSA) is 26.3 Å². The van der Waals surface area contributed by atoms with Gasteiger partial charge < -0.3 is 4.74 Å². The van der Waals surface area contributed by atoms with Gasteiger partial charge in [-0.25, -0.2) is 0 Å². The number of ketones is 1. The number of benzene rings is 1. The molecule has 0 fully saturated rings. The van der Waals surface area contributed by atoms with Gasteiger partial charge in [0.2, 0.25) is 0 Å². The second kappa shape index (κ2) is 8.73. The summed E-state index contributed by atoms with van der Waals surface area (Å²) in [5.74, 6) is 0.881. The molecule has 1 aromatic rings. The van der Waals surface area contributed by atoms with E-state index in [2.05, 4.69) is 13.8 Å². The van der Waals surface area contributed by atoms with Crippen LogP contribution in [0.4, 0.5) is 0 Å². The minimum Gasteiger partial charge on any atom is -0.490 e.